The molecule has 3 aliphatic rings. The van der Waals surface area contributed by atoms with Gasteiger partial charge in [0.05, 0.1) is 32.6 Å². The minimum absolute atomic E-state index is 0.0485. The molecule has 2 aromatic carbocycles. The summed E-state index contributed by atoms with van der Waals surface area (Å²) in [5, 5.41) is 13.6. The fourth-order valence-corrected chi connectivity index (χ4v) is 8.16. The number of sulfone groups is 1. The van der Waals surface area contributed by atoms with Crippen LogP contribution in [-0.2, 0) is 31.2 Å². The Hall–Kier alpha value is -2.80. The average Bonchev–Trinajstić information content (AvgIpc) is 3.67. The molecule has 0 bridgehead atoms. The number of aliphatic hydroxyl groups is 1. The van der Waals surface area contributed by atoms with E-state index in [0.29, 0.717) is 18.4 Å². The lowest BCUT2D eigenvalue weighted by Gasteiger charge is -2.35. The van der Waals surface area contributed by atoms with Crippen LogP contribution in [0.15, 0.2) is 62.7 Å². The maximum absolute atomic E-state index is 13.8. The Bertz CT molecular complexity index is 1730. The fraction of sp³-hybridized carbons (Fsp3) is 0.346. The molecule has 0 unspecified atom stereocenters. The first-order chi connectivity index (χ1) is 18.5. The van der Waals surface area contributed by atoms with Crippen molar-refractivity contribution in [1.29, 1.82) is 0 Å². The molecule has 0 spiro atoms. The van der Waals surface area contributed by atoms with Crippen molar-refractivity contribution in [2.24, 2.45) is 5.41 Å². The average molecular weight is 631 g/mol. The van der Waals surface area contributed by atoms with E-state index >= 15 is 0 Å². The van der Waals surface area contributed by atoms with E-state index in [1.807, 2.05) is 0 Å². The molecule has 9 nitrogen and oxygen atoms in total. The minimum atomic E-state index is -4.40. The highest BCUT2D eigenvalue weighted by Gasteiger charge is 2.49. The molecule has 2 aromatic rings. The van der Waals surface area contributed by atoms with Gasteiger partial charge in [-0.1, -0.05) is 50.0 Å². The first-order valence-electron chi connectivity index (χ1n) is 12.3. The van der Waals surface area contributed by atoms with Crippen LogP contribution in [0.25, 0.3) is 0 Å². The van der Waals surface area contributed by atoms with Crippen LogP contribution < -0.4 is 10.0 Å². The largest absolute Gasteiger partial charge is 0.509 e. The van der Waals surface area contributed by atoms with Crippen molar-refractivity contribution in [2.45, 2.75) is 56.3 Å². The Balaban J connectivity index is 1.54. The number of aliphatic hydroxyl groups excluding tert-OH is 1. The van der Waals surface area contributed by atoms with Gasteiger partial charge in [-0.2, -0.15) is 0 Å². The van der Waals surface area contributed by atoms with Gasteiger partial charge in [-0.3, -0.25) is 9.52 Å². The first-order valence-corrected chi connectivity index (χ1v) is 16.1. The van der Waals surface area contributed by atoms with Crippen LogP contribution in [0.3, 0.4) is 0 Å². The molecular formula is C26H26Cl2FN3O6S2. The van der Waals surface area contributed by atoms with Crippen molar-refractivity contribution in [1.82, 2.24) is 4.90 Å². The van der Waals surface area contributed by atoms with Crippen LogP contribution in [0.1, 0.15) is 39.2 Å². The predicted molar refractivity (Wildman–Crippen MR) is 151 cm³/mol. The highest BCUT2D eigenvalue weighted by molar-refractivity contribution is 7.97. The van der Waals surface area contributed by atoms with E-state index < -0.39 is 52.7 Å². The van der Waals surface area contributed by atoms with E-state index in [9.17, 15) is 31.1 Å². The van der Waals surface area contributed by atoms with Gasteiger partial charge in [0.2, 0.25) is 19.9 Å². The van der Waals surface area contributed by atoms with Gasteiger partial charge in [0.15, 0.2) is 4.36 Å². The maximum Gasteiger partial charge on any atom is 0.260 e. The summed E-state index contributed by atoms with van der Waals surface area (Å²) < 4.78 is 67.1. The van der Waals surface area contributed by atoms with Crippen LogP contribution in [0.2, 0.25) is 5.02 Å². The summed E-state index contributed by atoms with van der Waals surface area (Å²) in [5.74, 6) is -1.69. The zero-order valence-corrected chi connectivity index (χ0v) is 24.8. The van der Waals surface area contributed by atoms with Gasteiger partial charge in [0.25, 0.3) is 5.91 Å². The number of nitrogens with zero attached hydrogens (tertiary/aromatic N) is 1. The number of fused-ring (bicyclic) bond motifs is 1. The normalized spacial score (nSPS) is 21.0. The van der Waals surface area contributed by atoms with Crippen molar-refractivity contribution >= 4 is 60.3 Å². The number of anilines is 2. The van der Waals surface area contributed by atoms with Crippen LogP contribution in [0.4, 0.5) is 15.8 Å². The molecule has 2 heterocycles. The summed E-state index contributed by atoms with van der Waals surface area (Å²) in [6.07, 6.45) is 1.07. The lowest BCUT2D eigenvalue weighted by Crippen LogP contribution is -2.43. The Morgan fingerprint density at radius 1 is 1.15 bits per heavy atom. The molecule has 1 amide bonds. The number of hydrogen-bond donors (Lipinski definition) is 3. The molecule has 0 radical (unpaired) electrons. The number of benzene rings is 2. The van der Waals surface area contributed by atoms with Crippen LogP contribution in [0.5, 0.6) is 0 Å². The zero-order chi connectivity index (χ0) is 29.4. The highest BCUT2D eigenvalue weighted by atomic mass is 35.5. The Kier molecular flexibility index (Phi) is 6.92. The molecule has 214 valence electrons. The minimum Gasteiger partial charge on any atom is -0.509 e. The second kappa shape index (κ2) is 9.64. The number of rotatable bonds is 6. The van der Waals surface area contributed by atoms with Gasteiger partial charge < -0.3 is 15.3 Å². The fourth-order valence-electron chi connectivity index (χ4n) is 4.88. The smallest absolute Gasteiger partial charge is 0.260 e. The van der Waals surface area contributed by atoms with Crippen molar-refractivity contribution in [3.63, 3.8) is 0 Å². The van der Waals surface area contributed by atoms with E-state index in [1.54, 1.807) is 20.8 Å². The van der Waals surface area contributed by atoms with Gasteiger partial charge in [0.1, 0.15) is 17.1 Å². The van der Waals surface area contributed by atoms with E-state index in [1.165, 1.54) is 35.2 Å². The zero-order valence-electron chi connectivity index (χ0n) is 21.6. The summed E-state index contributed by atoms with van der Waals surface area (Å²) >= 11 is 12.3. The first kappa shape index (κ1) is 28.7. The number of hydrogen-bond acceptors (Lipinski definition) is 7. The Morgan fingerprint density at radius 3 is 2.42 bits per heavy atom. The number of halogens is 3. The molecular weight excluding hydrogens is 604 g/mol. The van der Waals surface area contributed by atoms with E-state index in [4.69, 9.17) is 23.2 Å². The monoisotopic (exact) mass is 629 g/mol. The van der Waals surface area contributed by atoms with Crippen LogP contribution in [-0.4, -0.2) is 44.0 Å². The van der Waals surface area contributed by atoms with Gasteiger partial charge in [-0.05, 0) is 54.2 Å². The molecule has 40 heavy (non-hydrogen) atoms. The Labute approximate surface area is 241 Å². The maximum atomic E-state index is 13.8. The third kappa shape index (κ3) is 4.95. The number of nitrogens with one attached hydrogen (secondary N) is 2. The topological polar surface area (TPSA) is 133 Å². The van der Waals surface area contributed by atoms with E-state index in [2.05, 4.69) is 10.0 Å². The standard InChI is InChI=1S/C26H26Cl2FN3O6S2/c1-26(2,3)23-22(33)20(25(34)32(23)12-13-4-8-17(29)16(27)10-13)21-24(28)39(35,36)19-11-14(5-9-18(19)30-21)31-40(37,38)15-6-7-15/h4-5,8-11,15,23,30-31,33H,6-7,12H2,1-3H3/t23-/m1/s1. The highest BCUT2D eigenvalue weighted by Crippen LogP contribution is 2.45. The lowest BCUT2D eigenvalue weighted by atomic mass is 9.85. The summed E-state index contributed by atoms with van der Waals surface area (Å²) in [7, 11) is -8.05. The number of carbonyl (C=O) groups is 1. The molecule has 2 aliphatic heterocycles. The molecule has 1 atom stereocenters. The van der Waals surface area contributed by atoms with Gasteiger partial charge in [-0.25, -0.2) is 21.2 Å². The number of carbonyl (C=O) groups excluding carboxylic acids is 1. The molecule has 1 saturated carbocycles. The molecule has 5 rings (SSSR count). The molecule has 1 fully saturated rings. The van der Waals surface area contributed by atoms with Crippen LogP contribution >= 0.6 is 23.2 Å². The molecule has 0 saturated heterocycles. The SMILES string of the molecule is CC(C)(C)[C@H]1C(O)=C(C2=C(Cl)S(=O)(=O)c3cc(NS(=O)(=O)C4CC4)ccc3N2)C(=O)N1Cc1ccc(F)c(Cl)c1. The van der Waals surface area contributed by atoms with Gasteiger partial charge in [0, 0.05) is 12.2 Å². The summed E-state index contributed by atoms with van der Waals surface area (Å²) in [5.41, 5.74) is -0.698. The summed E-state index contributed by atoms with van der Waals surface area (Å²) in [6, 6.07) is 7.04. The van der Waals surface area contributed by atoms with Crippen molar-refractivity contribution < 1.29 is 31.1 Å². The summed E-state index contributed by atoms with van der Waals surface area (Å²) in [4.78, 5) is 14.8. The number of sulfonamides is 1. The van der Waals surface area contributed by atoms with Gasteiger partial charge in [-0.15, -0.1) is 0 Å². The van der Waals surface area contributed by atoms with Crippen molar-refractivity contribution in [2.75, 3.05) is 10.0 Å². The second-order valence-corrected chi connectivity index (χ2v) is 15.9. The third-order valence-electron chi connectivity index (χ3n) is 6.90. The van der Waals surface area contributed by atoms with Crippen molar-refractivity contribution in [3.8, 4) is 0 Å². The molecule has 3 N–H and O–H groups in total. The van der Waals surface area contributed by atoms with Crippen molar-refractivity contribution in [3.05, 3.63) is 74.2 Å². The third-order valence-corrected chi connectivity index (χ3v) is 11.4. The second-order valence-electron chi connectivity index (χ2n) is 11.0. The molecule has 0 aromatic heterocycles. The molecule has 14 heteroatoms. The number of amides is 1. The quantitative estimate of drug-likeness (QED) is 0.397. The molecule has 1 aliphatic carbocycles. The van der Waals surface area contributed by atoms with Gasteiger partial charge >= 0.3 is 0 Å². The van der Waals surface area contributed by atoms with E-state index in [-0.39, 0.29) is 44.9 Å². The van der Waals surface area contributed by atoms with E-state index in [0.717, 1.165) is 6.07 Å². The Morgan fingerprint density at radius 2 is 1.82 bits per heavy atom. The van der Waals surface area contributed by atoms with Crippen LogP contribution in [0, 0.1) is 11.2 Å². The lowest BCUT2D eigenvalue weighted by molar-refractivity contribution is -0.129. The summed E-state index contributed by atoms with van der Waals surface area (Å²) in [6.45, 7) is 5.35. The predicted octanol–water partition coefficient (Wildman–Crippen LogP) is 5.26.